The van der Waals surface area contributed by atoms with E-state index >= 15 is 0 Å². The third-order valence-electron chi connectivity index (χ3n) is 3.94. The monoisotopic (exact) mass is 316 g/mol. The van der Waals surface area contributed by atoms with Crippen LogP contribution >= 0.6 is 0 Å². The molecule has 2 aromatic rings. The Balaban J connectivity index is 1.55. The maximum absolute atomic E-state index is 11.4. The van der Waals surface area contributed by atoms with E-state index in [1.165, 1.54) is 12.3 Å². The third kappa shape index (κ3) is 3.84. The van der Waals surface area contributed by atoms with E-state index in [1.54, 1.807) is 7.11 Å². The van der Waals surface area contributed by atoms with Crippen LogP contribution in [0.2, 0.25) is 0 Å². The van der Waals surface area contributed by atoms with Gasteiger partial charge in [0.25, 0.3) is 0 Å². The first kappa shape index (κ1) is 15.4. The van der Waals surface area contributed by atoms with Gasteiger partial charge in [-0.2, -0.15) is 0 Å². The lowest BCUT2D eigenvalue weighted by atomic mass is 10.3. The van der Waals surface area contributed by atoms with Gasteiger partial charge in [0, 0.05) is 37.6 Å². The van der Waals surface area contributed by atoms with E-state index in [-0.39, 0.29) is 17.3 Å². The standard InChI is InChI=1S/C17H20N2O4/c1-22-13-2-4-14(5-3-13)23-15-6-7-19(11-15)10-12-8-16(20)17(21)9-18-12/h2-5,8-9,15,21H,6-7,10-11H2,1H3,(H,18,20). The van der Waals surface area contributed by atoms with Crippen molar-refractivity contribution in [1.29, 1.82) is 0 Å². The van der Waals surface area contributed by atoms with Crippen LogP contribution in [0, 0.1) is 0 Å². The number of likely N-dealkylation sites (tertiary alicyclic amines) is 1. The number of benzene rings is 1. The van der Waals surface area contributed by atoms with Gasteiger partial charge in [-0.05, 0) is 30.7 Å². The Morgan fingerprint density at radius 2 is 2.04 bits per heavy atom. The fourth-order valence-electron chi connectivity index (χ4n) is 2.72. The highest BCUT2D eigenvalue weighted by atomic mass is 16.5. The molecule has 0 saturated carbocycles. The van der Waals surface area contributed by atoms with Crippen molar-refractivity contribution in [3.63, 3.8) is 0 Å². The lowest BCUT2D eigenvalue weighted by molar-refractivity contribution is 0.197. The molecule has 23 heavy (non-hydrogen) atoms. The van der Waals surface area contributed by atoms with Crippen LogP contribution in [0.25, 0.3) is 0 Å². The molecule has 0 spiro atoms. The van der Waals surface area contributed by atoms with Crippen LogP contribution in [-0.2, 0) is 6.54 Å². The highest BCUT2D eigenvalue weighted by Crippen LogP contribution is 2.22. The number of ether oxygens (including phenoxy) is 2. The number of nitrogens with zero attached hydrogens (tertiary/aromatic N) is 1. The summed E-state index contributed by atoms with van der Waals surface area (Å²) in [6.07, 6.45) is 2.40. The van der Waals surface area contributed by atoms with Crippen molar-refractivity contribution >= 4 is 0 Å². The summed E-state index contributed by atoms with van der Waals surface area (Å²) in [5.74, 6) is 1.38. The normalized spacial score (nSPS) is 18.0. The lowest BCUT2D eigenvalue weighted by Crippen LogP contribution is -2.25. The largest absolute Gasteiger partial charge is 0.503 e. The van der Waals surface area contributed by atoms with Crippen LogP contribution in [0.4, 0.5) is 0 Å². The van der Waals surface area contributed by atoms with Gasteiger partial charge in [0.2, 0.25) is 5.43 Å². The molecule has 1 atom stereocenters. The summed E-state index contributed by atoms with van der Waals surface area (Å²) in [6, 6.07) is 9.00. The molecule has 3 rings (SSSR count). The first-order valence-corrected chi connectivity index (χ1v) is 7.57. The zero-order chi connectivity index (χ0) is 16.2. The van der Waals surface area contributed by atoms with E-state index in [2.05, 4.69) is 9.88 Å². The summed E-state index contributed by atoms with van der Waals surface area (Å²) < 4.78 is 11.1. The molecule has 2 N–H and O–H groups in total. The van der Waals surface area contributed by atoms with Gasteiger partial charge < -0.3 is 19.6 Å². The maximum atomic E-state index is 11.4. The fraction of sp³-hybridized carbons (Fsp3) is 0.353. The Morgan fingerprint density at radius 3 is 2.74 bits per heavy atom. The number of hydrogen-bond acceptors (Lipinski definition) is 5. The molecule has 0 radical (unpaired) electrons. The van der Waals surface area contributed by atoms with E-state index < -0.39 is 0 Å². The van der Waals surface area contributed by atoms with Gasteiger partial charge in [0.15, 0.2) is 5.75 Å². The van der Waals surface area contributed by atoms with Crippen LogP contribution in [0.3, 0.4) is 0 Å². The summed E-state index contributed by atoms with van der Waals surface area (Å²) >= 11 is 0. The SMILES string of the molecule is COc1ccc(OC2CCN(Cc3cc(=O)c(O)c[nH]3)C2)cc1. The number of nitrogens with one attached hydrogen (secondary N) is 1. The Kier molecular flexibility index (Phi) is 4.52. The first-order chi connectivity index (χ1) is 11.1. The molecule has 6 heteroatoms. The minimum absolute atomic E-state index is 0.132. The Labute approximate surface area is 134 Å². The van der Waals surface area contributed by atoms with E-state index in [4.69, 9.17) is 9.47 Å². The van der Waals surface area contributed by atoms with Crippen LogP contribution in [0.15, 0.2) is 41.3 Å². The topological polar surface area (TPSA) is 74.8 Å². The molecule has 2 heterocycles. The highest BCUT2D eigenvalue weighted by Gasteiger charge is 2.24. The van der Waals surface area contributed by atoms with Gasteiger partial charge in [0.1, 0.15) is 17.6 Å². The summed E-state index contributed by atoms with van der Waals surface area (Å²) in [5, 5.41) is 9.26. The highest BCUT2D eigenvalue weighted by molar-refractivity contribution is 5.31. The summed E-state index contributed by atoms with van der Waals surface area (Å²) in [4.78, 5) is 16.6. The van der Waals surface area contributed by atoms with Gasteiger partial charge in [-0.25, -0.2) is 0 Å². The smallest absolute Gasteiger partial charge is 0.223 e. The van der Waals surface area contributed by atoms with E-state index in [0.717, 1.165) is 36.7 Å². The number of rotatable bonds is 5. The number of aromatic nitrogens is 1. The summed E-state index contributed by atoms with van der Waals surface area (Å²) in [7, 11) is 1.64. The van der Waals surface area contributed by atoms with Gasteiger partial charge in [-0.3, -0.25) is 9.69 Å². The Hall–Kier alpha value is -2.47. The molecule has 1 unspecified atom stereocenters. The fourth-order valence-corrected chi connectivity index (χ4v) is 2.72. The summed E-state index contributed by atoms with van der Waals surface area (Å²) in [6.45, 7) is 2.34. The van der Waals surface area contributed by atoms with Crippen molar-refractivity contribution in [2.24, 2.45) is 0 Å². The van der Waals surface area contributed by atoms with Crippen molar-refractivity contribution in [2.45, 2.75) is 19.1 Å². The van der Waals surface area contributed by atoms with E-state index in [9.17, 15) is 9.90 Å². The molecule has 1 aliphatic heterocycles. The Bertz CT molecular complexity index is 711. The van der Waals surface area contributed by atoms with Gasteiger partial charge in [-0.15, -0.1) is 0 Å². The molecular formula is C17H20N2O4. The minimum atomic E-state index is -0.357. The Morgan fingerprint density at radius 1 is 1.30 bits per heavy atom. The van der Waals surface area contributed by atoms with Crippen LogP contribution < -0.4 is 14.9 Å². The summed E-state index contributed by atoms with van der Waals surface area (Å²) in [5.41, 5.74) is 0.432. The predicted molar refractivity (Wildman–Crippen MR) is 86.0 cm³/mol. The maximum Gasteiger partial charge on any atom is 0.223 e. The second kappa shape index (κ2) is 6.75. The zero-order valence-corrected chi connectivity index (χ0v) is 13.0. The molecule has 1 aliphatic rings. The van der Waals surface area contributed by atoms with Crippen molar-refractivity contribution in [2.75, 3.05) is 20.2 Å². The molecular weight excluding hydrogens is 296 g/mol. The van der Waals surface area contributed by atoms with Gasteiger partial charge in [-0.1, -0.05) is 0 Å². The average Bonchev–Trinajstić information content (AvgIpc) is 2.99. The van der Waals surface area contributed by atoms with Crippen molar-refractivity contribution < 1.29 is 14.6 Å². The van der Waals surface area contributed by atoms with Crippen LogP contribution in [0.1, 0.15) is 12.1 Å². The van der Waals surface area contributed by atoms with Crippen LogP contribution in [0.5, 0.6) is 17.2 Å². The predicted octanol–water partition coefficient (Wildman–Crippen LogP) is 1.74. The molecule has 6 nitrogen and oxygen atoms in total. The second-order valence-electron chi connectivity index (χ2n) is 5.65. The third-order valence-corrected chi connectivity index (χ3v) is 3.94. The van der Waals surface area contributed by atoms with Gasteiger partial charge in [0.05, 0.1) is 7.11 Å². The van der Waals surface area contributed by atoms with Crippen molar-refractivity contribution in [3.05, 3.63) is 52.4 Å². The molecule has 0 aliphatic carbocycles. The van der Waals surface area contributed by atoms with E-state index in [1.807, 2.05) is 24.3 Å². The van der Waals surface area contributed by atoms with Crippen LogP contribution in [-0.4, -0.2) is 41.3 Å². The number of aromatic hydroxyl groups is 1. The van der Waals surface area contributed by atoms with Crippen molar-refractivity contribution in [1.82, 2.24) is 9.88 Å². The molecule has 1 aromatic carbocycles. The molecule has 1 saturated heterocycles. The molecule has 122 valence electrons. The molecule has 0 bridgehead atoms. The number of hydrogen-bond donors (Lipinski definition) is 2. The lowest BCUT2D eigenvalue weighted by Gasteiger charge is -2.17. The number of pyridine rings is 1. The first-order valence-electron chi connectivity index (χ1n) is 7.57. The quantitative estimate of drug-likeness (QED) is 0.879. The molecule has 1 fully saturated rings. The second-order valence-corrected chi connectivity index (χ2v) is 5.65. The number of methoxy groups -OCH3 is 1. The number of aromatic amines is 1. The zero-order valence-electron chi connectivity index (χ0n) is 13.0. The number of H-pyrrole nitrogens is 1. The average molecular weight is 316 g/mol. The minimum Gasteiger partial charge on any atom is -0.503 e. The molecule has 1 aromatic heterocycles. The van der Waals surface area contributed by atoms with Crippen molar-refractivity contribution in [3.8, 4) is 17.2 Å². The molecule has 0 amide bonds. The van der Waals surface area contributed by atoms with Gasteiger partial charge >= 0.3 is 0 Å². The van der Waals surface area contributed by atoms with E-state index in [0.29, 0.717) is 6.54 Å².